The van der Waals surface area contributed by atoms with E-state index < -0.39 is 10.0 Å². The molecule has 2 aromatic rings. The van der Waals surface area contributed by atoms with Gasteiger partial charge in [0.15, 0.2) is 0 Å². The molecule has 0 radical (unpaired) electrons. The molecule has 1 saturated heterocycles. The van der Waals surface area contributed by atoms with Crippen molar-refractivity contribution < 1.29 is 8.42 Å². The van der Waals surface area contributed by atoms with Gasteiger partial charge in [0.1, 0.15) is 4.90 Å². The first kappa shape index (κ1) is 19.1. The molecule has 0 amide bonds. The highest BCUT2D eigenvalue weighted by Crippen LogP contribution is 2.24. The minimum Gasteiger partial charge on any atom is -0.296 e. The minimum atomic E-state index is -3.49. The van der Waals surface area contributed by atoms with Crippen LogP contribution in [0.25, 0.3) is 0 Å². The molecule has 1 aromatic heterocycles. The maximum absolute atomic E-state index is 13.1. The van der Waals surface area contributed by atoms with Crippen LogP contribution in [0.4, 0.5) is 0 Å². The lowest BCUT2D eigenvalue weighted by molar-refractivity contribution is 0.181. The fourth-order valence-corrected chi connectivity index (χ4v) is 5.48. The number of hydrogen-bond donors (Lipinski definition) is 0. The van der Waals surface area contributed by atoms with Crippen LogP contribution in [0.1, 0.15) is 29.4 Å². The molecule has 0 bridgehead atoms. The average molecular weight is 377 g/mol. The van der Waals surface area contributed by atoms with Gasteiger partial charge >= 0.3 is 0 Å². The zero-order valence-corrected chi connectivity index (χ0v) is 16.9. The number of piperazine rings is 1. The van der Waals surface area contributed by atoms with Crippen molar-refractivity contribution in [3.05, 3.63) is 46.8 Å². The van der Waals surface area contributed by atoms with Gasteiger partial charge in [0.2, 0.25) is 10.0 Å². The van der Waals surface area contributed by atoms with Gasteiger partial charge in [0.25, 0.3) is 0 Å². The second-order valence-electron chi connectivity index (χ2n) is 6.98. The largest absolute Gasteiger partial charge is 0.296 e. The van der Waals surface area contributed by atoms with Crippen molar-refractivity contribution in [2.24, 2.45) is 0 Å². The van der Waals surface area contributed by atoms with Gasteiger partial charge in [0, 0.05) is 39.3 Å². The molecule has 0 N–H and O–H groups in total. The van der Waals surface area contributed by atoms with Crippen molar-refractivity contribution in [2.75, 3.05) is 26.2 Å². The zero-order chi connectivity index (χ0) is 18.9. The summed E-state index contributed by atoms with van der Waals surface area (Å²) in [5.74, 6) is 0. The standard InChI is InChI=1S/C19H28N4O2S/c1-5-23-17(4)19(16(3)20-23)26(24,25)22-11-9-21(10-12-22)14-18-8-6-7-15(2)13-18/h6-8,13H,5,9-12,14H2,1-4H3. The Hall–Kier alpha value is -1.70. The molecule has 1 aromatic carbocycles. The molecule has 2 heterocycles. The molecule has 7 heteroatoms. The third-order valence-electron chi connectivity index (χ3n) is 5.03. The quantitative estimate of drug-likeness (QED) is 0.804. The summed E-state index contributed by atoms with van der Waals surface area (Å²) in [6, 6.07) is 8.48. The highest BCUT2D eigenvalue weighted by atomic mass is 32.2. The van der Waals surface area contributed by atoms with Crippen molar-refractivity contribution in [2.45, 2.75) is 45.7 Å². The Morgan fingerprint density at radius 1 is 1.08 bits per heavy atom. The number of aromatic nitrogens is 2. The summed E-state index contributed by atoms with van der Waals surface area (Å²) in [6.45, 7) is 11.7. The van der Waals surface area contributed by atoms with Gasteiger partial charge in [-0.3, -0.25) is 9.58 Å². The molecule has 3 rings (SSSR count). The maximum atomic E-state index is 13.1. The first-order chi connectivity index (χ1) is 12.3. The molecular weight excluding hydrogens is 348 g/mol. The fourth-order valence-electron chi connectivity index (χ4n) is 3.69. The Morgan fingerprint density at radius 3 is 2.35 bits per heavy atom. The summed E-state index contributed by atoms with van der Waals surface area (Å²) in [5.41, 5.74) is 3.85. The van der Waals surface area contributed by atoms with E-state index in [0.717, 1.165) is 25.3 Å². The molecule has 0 unspecified atom stereocenters. The maximum Gasteiger partial charge on any atom is 0.246 e. The van der Waals surface area contributed by atoms with Gasteiger partial charge in [-0.05, 0) is 33.3 Å². The molecule has 0 saturated carbocycles. The van der Waals surface area contributed by atoms with Crippen molar-refractivity contribution in [1.29, 1.82) is 0 Å². The number of hydrogen-bond acceptors (Lipinski definition) is 4. The van der Waals surface area contributed by atoms with Gasteiger partial charge < -0.3 is 0 Å². The lowest BCUT2D eigenvalue weighted by atomic mass is 10.1. The van der Waals surface area contributed by atoms with Gasteiger partial charge in [-0.2, -0.15) is 9.40 Å². The fraction of sp³-hybridized carbons (Fsp3) is 0.526. The first-order valence-electron chi connectivity index (χ1n) is 9.15. The summed E-state index contributed by atoms with van der Waals surface area (Å²) in [6.07, 6.45) is 0. The number of benzene rings is 1. The summed E-state index contributed by atoms with van der Waals surface area (Å²) >= 11 is 0. The normalized spacial score (nSPS) is 16.9. The summed E-state index contributed by atoms with van der Waals surface area (Å²) < 4.78 is 29.6. The van der Waals surface area contributed by atoms with Crippen LogP contribution in [0.15, 0.2) is 29.2 Å². The molecule has 0 spiro atoms. The number of sulfonamides is 1. The van der Waals surface area contributed by atoms with Crippen LogP contribution in [0.2, 0.25) is 0 Å². The third kappa shape index (κ3) is 3.70. The Kier molecular flexibility index (Phi) is 5.50. The minimum absolute atomic E-state index is 0.381. The number of aryl methyl sites for hydroxylation is 3. The molecular formula is C19H28N4O2S. The highest BCUT2D eigenvalue weighted by molar-refractivity contribution is 7.89. The van der Waals surface area contributed by atoms with Crippen molar-refractivity contribution in [3.63, 3.8) is 0 Å². The van der Waals surface area contributed by atoms with E-state index in [2.05, 4.69) is 41.2 Å². The van der Waals surface area contributed by atoms with E-state index in [-0.39, 0.29) is 0 Å². The van der Waals surface area contributed by atoms with Gasteiger partial charge in [0.05, 0.1) is 11.4 Å². The molecule has 142 valence electrons. The van der Waals surface area contributed by atoms with E-state index in [1.807, 2.05) is 13.8 Å². The second kappa shape index (κ2) is 7.50. The Labute approximate surface area is 156 Å². The van der Waals surface area contributed by atoms with Crippen molar-refractivity contribution in [1.82, 2.24) is 19.0 Å². The van der Waals surface area contributed by atoms with Crippen molar-refractivity contribution >= 4 is 10.0 Å². The predicted molar refractivity (Wildman–Crippen MR) is 103 cm³/mol. The summed E-state index contributed by atoms with van der Waals surface area (Å²) in [5, 5.41) is 4.37. The van der Waals surface area contributed by atoms with Crippen LogP contribution >= 0.6 is 0 Å². The molecule has 6 nitrogen and oxygen atoms in total. The van der Waals surface area contributed by atoms with Crippen LogP contribution in [-0.4, -0.2) is 53.6 Å². The lowest BCUT2D eigenvalue weighted by Gasteiger charge is -2.34. The second-order valence-corrected chi connectivity index (χ2v) is 8.86. The number of nitrogens with zero attached hydrogens (tertiary/aromatic N) is 4. The van der Waals surface area contributed by atoms with Gasteiger partial charge in [-0.1, -0.05) is 29.8 Å². The lowest BCUT2D eigenvalue weighted by Crippen LogP contribution is -2.48. The predicted octanol–water partition coefficient (Wildman–Crippen LogP) is 2.33. The zero-order valence-electron chi connectivity index (χ0n) is 16.1. The molecule has 1 aliphatic rings. The number of rotatable bonds is 5. The van der Waals surface area contributed by atoms with E-state index in [1.165, 1.54) is 11.1 Å². The molecule has 1 fully saturated rings. The average Bonchev–Trinajstić information content (AvgIpc) is 2.89. The Bertz CT molecular complexity index is 881. The van der Waals surface area contributed by atoms with Gasteiger partial charge in [-0.15, -0.1) is 0 Å². The van der Waals surface area contributed by atoms with E-state index in [1.54, 1.807) is 15.9 Å². The molecule has 0 aliphatic carbocycles. The molecule has 0 atom stereocenters. The van der Waals surface area contributed by atoms with E-state index in [0.29, 0.717) is 30.2 Å². The van der Waals surface area contributed by atoms with E-state index in [4.69, 9.17) is 0 Å². The smallest absolute Gasteiger partial charge is 0.246 e. The van der Waals surface area contributed by atoms with Crippen molar-refractivity contribution in [3.8, 4) is 0 Å². The molecule has 1 aliphatic heterocycles. The van der Waals surface area contributed by atoms with Crippen LogP contribution in [-0.2, 0) is 23.1 Å². The van der Waals surface area contributed by atoms with Crippen LogP contribution < -0.4 is 0 Å². The highest BCUT2D eigenvalue weighted by Gasteiger charge is 2.33. The summed E-state index contributed by atoms with van der Waals surface area (Å²) in [7, 11) is -3.49. The Morgan fingerprint density at radius 2 is 1.77 bits per heavy atom. The van der Waals surface area contributed by atoms with Gasteiger partial charge in [-0.25, -0.2) is 8.42 Å². The SMILES string of the molecule is CCn1nc(C)c(S(=O)(=O)N2CCN(Cc3cccc(C)c3)CC2)c1C. The monoisotopic (exact) mass is 376 g/mol. The van der Waals surface area contributed by atoms with Crippen LogP contribution in [0.3, 0.4) is 0 Å². The third-order valence-corrected chi connectivity index (χ3v) is 7.18. The van der Waals surface area contributed by atoms with E-state index >= 15 is 0 Å². The summed E-state index contributed by atoms with van der Waals surface area (Å²) in [4.78, 5) is 2.70. The topological polar surface area (TPSA) is 58.4 Å². The van der Waals surface area contributed by atoms with Crippen LogP contribution in [0, 0.1) is 20.8 Å². The van der Waals surface area contributed by atoms with E-state index in [9.17, 15) is 8.42 Å². The first-order valence-corrected chi connectivity index (χ1v) is 10.6. The molecule has 26 heavy (non-hydrogen) atoms. The van der Waals surface area contributed by atoms with Crippen LogP contribution in [0.5, 0.6) is 0 Å². The Balaban J connectivity index is 1.70.